The summed E-state index contributed by atoms with van der Waals surface area (Å²) in [6, 6.07) is 10.2. The second kappa shape index (κ2) is 6.15. The lowest BCUT2D eigenvalue weighted by Crippen LogP contribution is -2.64. The number of hydrogen-bond donors (Lipinski definition) is 1. The highest BCUT2D eigenvalue weighted by Crippen LogP contribution is 2.40. The predicted molar refractivity (Wildman–Crippen MR) is 102 cm³/mol. The first-order valence-electron chi connectivity index (χ1n) is 9.62. The van der Waals surface area contributed by atoms with Crippen molar-refractivity contribution in [2.75, 3.05) is 6.54 Å². The van der Waals surface area contributed by atoms with E-state index in [1.54, 1.807) is 0 Å². The van der Waals surface area contributed by atoms with Crippen molar-refractivity contribution in [3.63, 3.8) is 0 Å². The summed E-state index contributed by atoms with van der Waals surface area (Å²) in [7, 11) is 0. The van der Waals surface area contributed by atoms with Crippen LogP contribution in [0.15, 0.2) is 30.3 Å². The third kappa shape index (κ3) is 2.70. The van der Waals surface area contributed by atoms with E-state index >= 15 is 0 Å². The molecule has 1 saturated carbocycles. The van der Waals surface area contributed by atoms with Gasteiger partial charge in [0.2, 0.25) is 5.91 Å². The summed E-state index contributed by atoms with van der Waals surface area (Å²) >= 11 is 0. The molecule has 1 atom stereocenters. The van der Waals surface area contributed by atoms with Gasteiger partial charge in [0.1, 0.15) is 11.2 Å². The molecule has 1 fully saturated rings. The van der Waals surface area contributed by atoms with Crippen LogP contribution in [0.5, 0.6) is 0 Å². The average molecular weight is 353 g/mol. The zero-order valence-corrected chi connectivity index (χ0v) is 15.8. The maximum absolute atomic E-state index is 13.3. The highest BCUT2D eigenvalue weighted by atomic mass is 16.2. The van der Waals surface area contributed by atoms with Crippen LogP contribution < -0.4 is 5.32 Å². The number of nitrogens with zero attached hydrogens (tertiary/aromatic N) is 2. The number of amides is 2. The van der Waals surface area contributed by atoms with Crippen molar-refractivity contribution in [3.05, 3.63) is 36.0 Å². The quantitative estimate of drug-likeness (QED) is 0.897. The highest BCUT2D eigenvalue weighted by Gasteiger charge is 2.52. The Balaban J connectivity index is 1.71. The fourth-order valence-corrected chi connectivity index (χ4v) is 4.04. The standard InChI is InChI=1S/C21H27N3O2/c1-14(2)10-11-22-20(26)21(3)13-23-17-7-5-4-6-15(17)12-18(23)19(25)24(21)16-8-9-16/h4-7,12,14,16H,8-11,13H2,1-3H3,(H,22,26). The molecule has 0 spiro atoms. The third-order valence-corrected chi connectivity index (χ3v) is 5.65. The van der Waals surface area contributed by atoms with Crippen LogP contribution in [0.4, 0.5) is 0 Å². The first-order chi connectivity index (χ1) is 12.4. The fourth-order valence-electron chi connectivity index (χ4n) is 4.04. The zero-order valence-electron chi connectivity index (χ0n) is 15.8. The molecule has 0 saturated heterocycles. The molecule has 2 aliphatic rings. The average Bonchev–Trinajstić information content (AvgIpc) is 3.35. The van der Waals surface area contributed by atoms with E-state index in [-0.39, 0.29) is 17.9 Å². The summed E-state index contributed by atoms with van der Waals surface area (Å²) in [4.78, 5) is 28.3. The van der Waals surface area contributed by atoms with Gasteiger partial charge >= 0.3 is 0 Å². The normalized spacial score (nSPS) is 22.8. The molecule has 5 heteroatoms. The minimum atomic E-state index is -0.843. The maximum atomic E-state index is 13.3. The number of fused-ring (bicyclic) bond motifs is 3. The molecule has 5 nitrogen and oxygen atoms in total. The van der Waals surface area contributed by atoms with Crippen molar-refractivity contribution in [2.24, 2.45) is 5.92 Å². The lowest BCUT2D eigenvalue weighted by Gasteiger charge is -2.44. The number of aromatic nitrogens is 1. The molecule has 0 bridgehead atoms. The summed E-state index contributed by atoms with van der Waals surface area (Å²) < 4.78 is 2.03. The lowest BCUT2D eigenvalue weighted by atomic mass is 9.94. The molecule has 1 N–H and O–H groups in total. The number of carbonyl (C=O) groups is 2. The highest BCUT2D eigenvalue weighted by molar-refractivity contribution is 6.03. The molecule has 2 heterocycles. The van der Waals surface area contributed by atoms with E-state index in [2.05, 4.69) is 19.2 Å². The van der Waals surface area contributed by atoms with Crippen LogP contribution >= 0.6 is 0 Å². The maximum Gasteiger partial charge on any atom is 0.271 e. The van der Waals surface area contributed by atoms with Crippen LogP contribution in [-0.4, -0.2) is 39.4 Å². The van der Waals surface area contributed by atoms with Crippen LogP contribution in [0.2, 0.25) is 0 Å². The van der Waals surface area contributed by atoms with Crippen molar-refractivity contribution in [2.45, 2.75) is 58.2 Å². The third-order valence-electron chi connectivity index (χ3n) is 5.65. The van der Waals surface area contributed by atoms with E-state index < -0.39 is 5.54 Å². The fraction of sp³-hybridized carbons (Fsp3) is 0.524. The first-order valence-corrected chi connectivity index (χ1v) is 9.62. The van der Waals surface area contributed by atoms with Gasteiger partial charge in [-0.15, -0.1) is 0 Å². The van der Waals surface area contributed by atoms with Crippen LogP contribution in [0.3, 0.4) is 0 Å². The minimum Gasteiger partial charge on any atom is -0.354 e. The van der Waals surface area contributed by atoms with Gasteiger partial charge in [-0.25, -0.2) is 0 Å². The Labute approximate surface area is 154 Å². The van der Waals surface area contributed by atoms with E-state index in [4.69, 9.17) is 0 Å². The van der Waals surface area contributed by atoms with Crippen molar-refractivity contribution >= 4 is 22.7 Å². The van der Waals surface area contributed by atoms with Gasteiger partial charge in [-0.2, -0.15) is 0 Å². The van der Waals surface area contributed by atoms with Crippen molar-refractivity contribution in [1.82, 2.24) is 14.8 Å². The topological polar surface area (TPSA) is 54.3 Å². The van der Waals surface area contributed by atoms with Gasteiger partial charge in [0.25, 0.3) is 5.91 Å². The molecule has 1 unspecified atom stereocenters. The lowest BCUT2D eigenvalue weighted by molar-refractivity contribution is -0.133. The zero-order chi connectivity index (χ0) is 18.5. The van der Waals surface area contributed by atoms with Gasteiger partial charge in [-0.05, 0) is 44.2 Å². The second-order valence-corrected chi connectivity index (χ2v) is 8.29. The van der Waals surface area contributed by atoms with Crippen LogP contribution in [-0.2, 0) is 11.3 Å². The van der Waals surface area contributed by atoms with Gasteiger partial charge in [0, 0.05) is 23.5 Å². The van der Waals surface area contributed by atoms with Crippen LogP contribution in [0.25, 0.3) is 10.9 Å². The van der Waals surface area contributed by atoms with Gasteiger partial charge in [0.05, 0.1) is 6.54 Å². The Morgan fingerprint density at radius 2 is 2.04 bits per heavy atom. The molecule has 26 heavy (non-hydrogen) atoms. The minimum absolute atomic E-state index is 0.0172. The Hall–Kier alpha value is -2.30. The first kappa shape index (κ1) is 17.1. The molecule has 1 aromatic carbocycles. The number of carbonyl (C=O) groups excluding carboxylic acids is 2. The van der Waals surface area contributed by atoms with E-state index in [9.17, 15) is 9.59 Å². The summed E-state index contributed by atoms with van der Waals surface area (Å²) in [5.74, 6) is 0.480. The molecule has 1 aromatic heterocycles. The summed E-state index contributed by atoms with van der Waals surface area (Å²) in [5.41, 5.74) is 0.877. The van der Waals surface area contributed by atoms with Crippen molar-refractivity contribution in [3.8, 4) is 0 Å². The number of benzene rings is 1. The Morgan fingerprint density at radius 3 is 2.73 bits per heavy atom. The van der Waals surface area contributed by atoms with Gasteiger partial charge in [-0.3, -0.25) is 9.59 Å². The van der Waals surface area contributed by atoms with Crippen LogP contribution in [0, 0.1) is 5.92 Å². The molecule has 138 valence electrons. The van der Waals surface area contributed by atoms with Crippen LogP contribution in [0.1, 0.15) is 50.5 Å². The molecule has 4 rings (SSSR count). The monoisotopic (exact) mass is 353 g/mol. The van der Waals surface area contributed by atoms with Gasteiger partial charge in [0.15, 0.2) is 0 Å². The molecule has 0 radical (unpaired) electrons. The largest absolute Gasteiger partial charge is 0.354 e. The Morgan fingerprint density at radius 1 is 1.31 bits per heavy atom. The molecule has 2 aromatic rings. The summed E-state index contributed by atoms with van der Waals surface area (Å²) in [6.45, 7) is 7.37. The SMILES string of the molecule is CC(C)CCNC(=O)C1(C)Cn2c(cc3ccccc32)C(=O)N1C1CC1. The molecule has 2 amide bonds. The predicted octanol–water partition coefficient (Wildman–Crippen LogP) is 3.18. The number of nitrogens with one attached hydrogen (secondary N) is 1. The van der Waals surface area contributed by atoms with E-state index in [0.717, 1.165) is 30.2 Å². The molecular weight excluding hydrogens is 326 g/mol. The summed E-state index contributed by atoms with van der Waals surface area (Å²) in [6.07, 6.45) is 2.92. The molecular formula is C21H27N3O2. The number of rotatable bonds is 5. The number of para-hydroxylation sites is 1. The van der Waals surface area contributed by atoms with Crippen molar-refractivity contribution < 1.29 is 9.59 Å². The smallest absolute Gasteiger partial charge is 0.271 e. The van der Waals surface area contributed by atoms with Gasteiger partial charge < -0.3 is 14.8 Å². The van der Waals surface area contributed by atoms with E-state index in [0.29, 0.717) is 24.7 Å². The number of hydrogen-bond acceptors (Lipinski definition) is 2. The Kier molecular flexibility index (Phi) is 4.05. The second-order valence-electron chi connectivity index (χ2n) is 8.29. The molecule has 1 aliphatic carbocycles. The van der Waals surface area contributed by atoms with E-state index in [1.807, 2.05) is 46.7 Å². The summed E-state index contributed by atoms with van der Waals surface area (Å²) in [5, 5.41) is 4.13. The van der Waals surface area contributed by atoms with Crippen molar-refractivity contribution in [1.29, 1.82) is 0 Å². The van der Waals surface area contributed by atoms with Gasteiger partial charge in [-0.1, -0.05) is 32.0 Å². The van der Waals surface area contributed by atoms with E-state index in [1.165, 1.54) is 0 Å². The Bertz CT molecular complexity index is 865. The molecule has 1 aliphatic heterocycles.